The average Bonchev–Trinajstić information content (AvgIpc) is 3.22. The zero-order chi connectivity index (χ0) is 14.0. The summed E-state index contributed by atoms with van der Waals surface area (Å²) in [4.78, 5) is 2.84. The predicted molar refractivity (Wildman–Crippen MR) is 83.5 cm³/mol. The number of hydrogen-bond acceptors (Lipinski definition) is 2. The molecular weight excluding hydrogens is 232 g/mol. The van der Waals surface area contributed by atoms with Crippen LogP contribution in [0.25, 0.3) is 0 Å². The van der Waals surface area contributed by atoms with E-state index in [4.69, 9.17) is 0 Å². The topological polar surface area (TPSA) is 15.3 Å². The first kappa shape index (κ1) is 15.3. The maximum Gasteiger partial charge on any atom is 0.0309 e. The fourth-order valence-corrected chi connectivity index (χ4v) is 3.87. The summed E-state index contributed by atoms with van der Waals surface area (Å²) in [5, 5.41) is 3.91. The molecule has 112 valence electrons. The Kier molecular flexibility index (Phi) is 4.94. The molecule has 2 heteroatoms. The first-order valence-corrected chi connectivity index (χ1v) is 8.52. The molecule has 2 fully saturated rings. The van der Waals surface area contributed by atoms with E-state index in [1.54, 1.807) is 0 Å². The molecule has 0 aromatic rings. The van der Waals surface area contributed by atoms with Gasteiger partial charge in [-0.2, -0.15) is 0 Å². The van der Waals surface area contributed by atoms with Crippen molar-refractivity contribution >= 4 is 0 Å². The van der Waals surface area contributed by atoms with Crippen LogP contribution in [0.3, 0.4) is 0 Å². The standard InChI is InChI=1S/C17H34N2/c1-6-8-14(4)19-12-17(5,15-9-10-15)18-11-16(19)13(3)7-2/h13-16,18H,6-12H2,1-5H3. The Balaban J connectivity index is 2.08. The molecule has 1 saturated carbocycles. The van der Waals surface area contributed by atoms with Crippen LogP contribution >= 0.6 is 0 Å². The van der Waals surface area contributed by atoms with Crippen LogP contribution in [-0.2, 0) is 0 Å². The van der Waals surface area contributed by atoms with Crippen LogP contribution < -0.4 is 5.32 Å². The zero-order valence-electron chi connectivity index (χ0n) is 13.7. The lowest BCUT2D eigenvalue weighted by Gasteiger charge is -2.51. The normalized spacial score (nSPS) is 36.2. The summed E-state index contributed by atoms with van der Waals surface area (Å²) >= 11 is 0. The van der Waals surface area contributed by atoms with Crippen molar-refractivity contribution in [1.29, 1.82) is 0 Å². The molecule has 0 spiro atoms. The first-order chi connectivity index (χ1) is 9.01. The molecule has 4 atom stereocenters. The minimum absolute atomic E-state index is 0.381. The molecule has 2 rings (SSSR count). The Hall–Kier alpha value is -0.0800. The van der Waals surface area contributed by atoms with Crippen LogP contribution in [0.4, 0.5) is 0 Å². The highest BCUT2D eigenvalue weighted by Crippen LogP contribution is 2.42. The van der Waals surface area contributed by atoms with Gasteiger partial charge in [-0.1, -0.05) is 33.6 Å². The molecule has 0 amide bonds. The fourth-order valence-electron chi connectivity index (χ4n) is 3.87. The van der Waals surface area contributed by atoms with Crippen LogP contribution in [0.2, 0.25) is 0 Å². The predicted octanol–water partition coefficient (Wildman–Crippen LogP) is 3.66. The van der Waals surface area contributed by atoms with Crippen LogP contribution in [0, 0.1) is 11.8 Å². The smallest absolute Gasteiger partial charge is 0.0309 e. The van der Waals surface area contributed by atoms with Gasteiger partial charge in [0.1, 0.15) is 0 Å². The third-order valence-electron chi connectivity index (χ3n) is 5.70. The van der Waals surface area contributed by atoms with E-state index in [9.17, 15) is 0 Å². The summed E-state index contributed by atoms with van der Waals surface area (Å²) < 4.78 is 0. The van der Waals surface area contributed by atoms with E-state index in [2.05, 4.69) is 44.8 Å². The molecule has 2 nitrogen and oxygen atoms in total. The summed E-state index contributed by atoms with van der Waals surface area (Å²) in [5.74, 6) is 1.73. The Morgan fingerprint density at radius 1 is 1.26 bits per heavy atom. The van der Waals surface area contributed by atoms with Gasteiger partial charge in [0.05, 0.1) is 0 Å². The van der Waals surface area contributed by atoms with Gasteiger partial charge in [-0.25, -0.2) is 0 Å². The molecule has 1 aliphatic heterocycles. The molecule has 0 aromatic carbocycles. The van der Waals surface area contributed by atoms with E-state index in [0.29, 0.717) is 5.54 Å². The summed E-state index contributed by atoms with van der Waals surface area (Å²) in [5.41, 5.74) is 0.381. The highest BCUT2D eigenvalue weighted by atomic mass is 15.3. The Morgan fingerprint density at radius 2 is 1.95 bits per heavy atom. The summed E-state index contributed by atoms with van der Waals surface area (Å²) in [6.07, 6.45) is 6.81. The van der Waals surface area contributed by atoms with Crippen LogP contribution in [0.15, 0.2) is 0 Å². The number of piperazine rings is 1. The minimum atomic E-state index is 0.381. The molecule has 0 aromatic heterocycles. The molecule has 1 heterocycles. The van der Waals surface area contributed by atoms with Crippen molar-refractivity contribution in [2.45, 2.75) is 84.3 Å². The zero-order valence-corrected chi connectivity index (χ0v) is 13.7. The second-order valence-electron chi connectivity index (χ2n) is 7.34. The maximum atomic E-state index is 3.91. The van der Waals surface area contributed by atoms with Crippen LogP contribution in [0.5, 0.6) is 0 Å². The Bertz CT molecular complexity index is 287. The quantitative estimate of drug-likeness (QED) is 0.789. The molecule has 1 saturated heterocycles. The van der Waals surface area contributed by atoms with Gasteiger partial charge >= 0.3 is 0 Å². The number of rotatable bonds is 6. The van der Waals surface area contributed by atoms with Crippen molar-refractivity contribution in [3.8, 4) is 0 Å². The third-order valence-corrected chi connectivity index (χ3v) is 5.70. The second-order valence-corrected chi connectivity index (χ2v) is 7.34. The van der Waals surface area contributed by atoms with E-state index < -0.39 is 0 Å². The molecule has 0 radical (unpaired) electrons. The molecule has 19 heavy (non-hydrogen) atoms. The van der Waals surface area contributed by atoms with Gasteiger partial charge in [-0.05, 0) is 44.9 Å². The van der Waals surface area contributed by atoms with Gasteiger partial charge < -0.3 is 5.32 Å². The highest BCUT2D eigenvalue weighted by Gasteiger charge is 2.47. The number of hydrogen-bond donors (Lipinski definition) is 1. The van der Waals surface area contributed by atoms with E-state index in [1.165, 1.54) is 45.2 Å². The van der Waals surface area contributed by atoms with Crippen molar-refractivity contribution in [2.24, 2.45) is 11.8 Å². The lowest BCUT2D eigenvalue weighted by atomic mass is 9.85. The van der Waals surface area contributed by atoms with Gasteiger partial charge in [0.15, 0.2) is 0 Å². The van der Waals surface area contributed by atoms with E-state index in [-0.39, 0.29) is 0 Å². The molecule has 1 aliphatic carbocycles. The maximum absolute atomic E-state index is 3.91. The van der Waals surface area contributed by atoms with E-state index in [1.807, 2.05) is 0 Å². The highest BCUT2D eigenvalue weighted by molar-refractivity contribution is 5.05. The number of nitrogens with zero attached hydrogens (tertiary/aromatic N) is 1. The Morgan fingerprint density at radius 3 is 2.47 bits per heavy atom. The van der Waals surface area contributed by atoms with E-state index in [0.717, 1.165) is 23.9 Å². The Labute approximate surface area is 120 Å². The van der Waals surface area contributed by atoms with Crippen molar-refractivity contribution in [1.82, 2.24) is 10.2 Å². The monoisotopic (exact) mass is 266 g/mol. The van der Waals surface area contributed by atoms with Crippen molar-refractivity contribution in [3.05, 3.63) is 0 Å². The van der Waals surface area contributed by atoms with Gasteiger partial charge in [0, 0.05) is 30.7 Å². The largest absolute Gasteiger partial charge is 0.308 e. The summed E-state index contributed by atoms with van der Waals surface area (Å²) in [7, 11) is 0. The summed E-state index contributed by atoms with van der Waals surface area (Å²) in [6, 6.07) is 1.47. The second kappa shape index (κ2) is 6.13. The van der Waals surface area contributed by atoms with Crippen molar-refractivity contribution in [3.63, 3.8) is 0 Å². The third kappa shape index (κ3) is 3.33. The number of nitrogens with one attached hydrogen (secondary N) is 1. The van der Waals surface area contributed by atoms with Gasteiger partial charge in [0.2, 0.25) is 0 Å². The van der Waals surface area contributed by atoms with Crippen molar-refractivity contribution in [2.75, 3.05) is 13.1 Å². The van der Waals surface area contributed by atoms with Crippen LogP contribution in [0.1, 0.15) is 66.7 Å². The average molecular weight is 266 g/mol. The molecule has 4 unspecified atom stereocenters. The fraction of sp³-hybridized carbons (Fsp3) is 1.00. The lowest BCUT2D eigenvalue weighted by Crippen LogP contribution is -2.66. The SMILES string of the molecule is CCCC(C)N1CC(C)(C2CC2)NCC1C(C)CC. The lowest BCUT2D eigenvalue weighted by molar-refractivity contribution is 0.0166. The molecule has 1 N–H and O–H groups in total. The molecular formula is C17H34N2. The van der Waals surface area contributed by atoms with Crippen LogP contribution in [-0.4, -0.2) is 35.6 Å². The van der Waals surface area contributed by atoms with Gasteiger partial charge in [-0.3, -0.25) is 4.90 Å². The molecule has 0 bridgehead atoms. The minimum Gasteiger partial charge on any atom is -0.308 e. The summed E-state index contributed by atoms with van der Waals surface area (Å²) in [6.45, 7) is 14.4. The van der Waals surface area contributed by atoms with Gasteiger partial charge in [-0.15, -0.1) is 0 Å². The molecule has 2 aliphatic rings. The van der Waals surface area contributed by atoms with Crippen molar-refractivity contribution < 1.29 is 0 Å². The van der Waals surface area contributed by atoms with E-state index >= 15 is 0 Å². The van der Waals surface area contributed by atoms with Gasteiger partial charge in [0.25, 0.3) is 0 Å². The first-order valence-electron chi connectivity index (χ1n) is 8.52.